The molecule has 2 nitrogen and oxygen atoms in total. The molecule has 0 aliphatic carbocycles. The Bertz CT molecular complexity index is 673. The Kier molecular flexibility index (Phi) is 3.44. The number of ether oxygens (including phenoxy) is 1. The first kappa shape index (κ1) is 13.1. The number of fused-ring (bicyclic) bond motifs is 1. The SMILES string of the molecule is O=C(c1cc(F)ccc1F)C1CSc2ccccc2O1. The second kappa shape index (κ2) is 5.25. The first-order valence-corrected chi connectivity index (χ1v) is 7.01. The molecule has 0 radical (unpaired) electrons. The molecule has 2 aromatic rings. The number of carbonyl (C=O) groups is 1. The van der Waals surface area contributed by atoms with Gasteiger partial charge in [-0.05, 0) is 30.3 Å². The van der Waals surface area contributed by atoms with Gasteiger partial charge in [0.2, 0.25) is 5.78 Å². The zero-order valence-electron chi connectivity index (χ0n) is 10.3. The number of ketones is 1. The number of benzene rings is 2. The molecule has 20 heavy (non-hydrogen) atoms. The van der Waals surface area contributed by atoms with Gasteiger partial charge in [-0.25, -0.2) is 8.78 Å². The van der Waals surface area contributed by atoms with E-state index in [9.17, 15) is 13.6 Å². The zero-order chi connectivity index (χ0) is 14.1. The van der Waals surface area contributed by atoms with E-state index < -0.39 is 23.5 Å². The van der Waals surface area contributed by atoms with Crippen LogP contribution in [-0.4, -0.2) is 17.6 Å². The molecular weight excluding hydrogens is 282 g/mol. The van der Waals surface area contributed by atoms with Crippen molar-refractivity contribution in [2.24, 2.45) is 0 Å². The average Bonchev–Trinajstić information content (AvgIpc) is 2.48. The number of carbonyl (C=O) groups excluding carboxylic acids is 1. The highest BCUT2D eigenvalue weighted by Crippen LogP contribution is 2.35. The molecule has 1 aliphatic heterocycles. The van der Waals surface area contributed by atoms with Crippen molar-refractivity contribution in [3.8, 4) is 5.75 Å². The van der Waals surface area contributed by atoms with E-state index in [1.54, 1.807) is 12.1 Å². The molecule has 0 saturated heterocycles. The summed E-state index contributed by atoms with van der Waals surface area (Å²) >= 11 is 1.47. The molecule has 0 amide bonds. The van der Waals surface area contributed by atoms with Gasteiger partial charge in [0.15, 0.2) is 6.10 Å². The Morgan fingerprint density at radius 2 is 2.00 bits per heavy atom. The van der Waals surface area contributed by atoms with E-state index >= 15 is 0 Å². The highest BCUT2D eigenvalue weighted by molar-refractivity contribution is 7.99. The number of thioether (sulfide) groups is 1. The molecule has 1 heterocycles. The molecule has 1 atom stereocenters. The van der Waals surface area contributed by atoms with Gasteiger partial charge in [-0.15, -0.1) is 11.8 Å². The molecule has 0 spiro atoms. The molecule has 5 heteroatoms. The van der Waals surface area contributed by atoms with Gasteiger partial charge in [-0.2, -0.15) is 0 Å². The maximum absolute atomic E-state index is 13.6. The Morgan fingerprint density at radius 3 is 2.85 bits per heavy atom. The van der Waals surface area contributed by atoms with Gasteiger partial charge < -0.3 is 4.74 Å². The summed E-state index contributed by atoms with van der Waals surface area (Å²) in [5.74, 6) is -0.934. The highest BCUT2D eigenvalue weighted by Gasteiger charge is 2.29. The molecule has 102 valence electrons. The number of hydrogen-bond acceptors (Lipinski definition) is 3. The van der Waals surface area contributed by atoms with Crippen molar-refractivity contribution in [2.75, 3.05) is 5.75 Å². The summed E-state index contributed by atoms with van der Waals surface area (Å²) < 4.78 is 32.4. The Morgan fingerprint density at radius 1 is 1.20 bits per heavy atom. The largest absolute Gasteiger partial charge is 0.480 e. The van der Waals surface area contributed by atoms with E-state index in [1.807, 2.05) is 12.1 Å². The fourth-order valence-electron chi connectivity index (χ4n) is 2.01. The summed E-state index contributed by atoms with van der Waals surface area (Å²) in [6.45, 7) is 0. The molecule has 1 unspecified atom stereocenters. The van der Waals surface area contributed by atoms with Crippen LogP contribution in [0.25, 0.3) is 0 Å². The molecule has 0 aromatic heterocycles. The lowest BCUT2D eigenvalue weighted by atomic mass is 10.1. The Hall–Kier alpha value is -1.88. The molecular formula is C15H10F2O2S. The van der Waals surface area contributed by atoms with E-state index in [1.165, 1.54) is 11.8 Å². The minimum Gasteiger partial charge on any atom is -0.480 e. The van der Waals surface area contributed by atoms with E-state index in [4.69, 9.17) is 4.74 Å². The fourth-order valence-corrected chi connectivity index (χ4v) is 2.99. The van der Waals surface area contributed by atoms with Gasteiger partial charge in [0, 0.05) is 10.6 Å². The Balaban J connectivity index is 1.88. The summed E-state index contributed by atoms with van der Waals surface area (Å²) in [5, 5.41) is 0. The van der Waals surface area contributed by atoms with Gasteiger partial charge >= 0.3 is 0 Å². The third-order valence-electron chi connectivity index (χ3n) is 2.99. The standard InChI is InChI=1S/C15H10F2O2S/c16-9-5-6-11(17)10(7-9)15(18)13-8-20-14-4-2-1-3-12(14)19-13/h1-7,13H,8H2. The number of Topliss-reactive ketones (excluding diaryl/α,β-unsaturated/α-hetero) is 1. The lowest BCUT2D eigenvalue weighted by molar-refractivity contribution is 0.0810. The lowest BCUT2D eigenvalue weighted by Crippen LogP contribution is -2.33. The fraction of sp³-hybridized carbons (Fsp3) is 0.133. The topological polar surface area (TPSA) is 26.3 Å². The predicted octanol–water partition coefficient (Wildman–Crippen LogP) is 3.70. The second-order valence-electron chi connectivity index (χ2n) is 4.35. The van der Waals surface area contributed by atoms with Crippen molar-refractivity contribution in [1.29, 1.82) is 0 Å². The van der Waals surface area contributed by atoms with Gasteiger partial charge in [-0.3, -0.25) is 4.79 Å². The summed E-state index contributed by atoms with van der Waals surface area (Å²) in [7, 11) is 0. The minimum absolute atomic E-state index is 0.269. The molecule has 3 rings (SSSR count). The smallest absolute Gasteiger partial charge is 0.207 e. The molecule has 0 N–H and O–H groups in total. The van der Waals surface area contributed by atoms with Crippen LogP contribution in [0.4, 0.5) is 8.78 Å². The van der Waals surface area contributed by atoms with Crippen molar-refractivity contribution < 1.29 is 18.3 Å². The predicted molar refractivity (Wildman–Crippen MR) is 72.3 cm³/mol. The number of rotatable bonds is 2. The third-order valence-corrected chi connectivity index (χ3v) is 4.11. The second-order valence-corrected chi connectivity index (χ2v) is 5.41. The minimum atomic E-state index is -0.800. The van der Waals surface area contributed by atoms with Crippen LogP contribution in [0.5, 0.6) is 5.75 Å². The van der Waals surface area contributed by atoms with Gasteiger partial charge in [0.1, 0.15) is 17.4 Å². The molecule has 0 fully saturated rings. The van der Waals surface area contributed by atoms with E-state index in [0.29, 0.717) is 11.5 Å². The summed E-state index contributed by atoms with van der Waals surface area (Å²) in [6, 6.07) is 10.2. The maximum atomic E-state index is 13.6. The van der Waals surface area contributed by atoms with Crippen LogP contribution in [0.15, 0.2) is 47.4 Å². The van der Waals surface area contributed by atoms with Gasteiger partial charge in [-0.1, -0.05) is 12.1 Å². The quantitative estimate of drug-likeness (QED) is 0.789. The zero-order valence-corrected chi connectivity index (χ0v) is 11.1. The summed E-state index contributed by atoms with van der Waals surface area (Å²) in [6.07, 6.45) is -0.800. The summed E-state index contributed by atoms with van der Waals surface area (Å²) in [4.78, 5) is 13.2. The summed E-state index contributed by atoms with van der Waals surface area (Å²) in [5.41, 5.74) is -0.269. The van der Waals surface area contributed by atoms with Crippen LogP contribution < -0.4 is 4.74 Å². The van der Waals surface area contributed by atoms with Crippen molar-refractivity contribution in [3.05, 3.63) is 59.7 Å². The molecule has 0 saturated carbocycles. The normalized spacial score (nSPS) is 17.2. The molecule has 0 bridgehead atoms. The van der Waals surface area contributed by atoms with Crippen molar-refractivity contribution in [3.63, 3.8) is 0 Å². The third kappa shape index (κ3) is 2.41. The van der Waals surface area contributed by atoms with E-state index in [0.717, 1.165) is 23.1 Å². The monoisotopic (exact) mass is 292 g/mol. The van der Waals surface area contributed by atoms with Crippen LogP contribution in [0.2, 0.25) is 0 Å². The average molecular weight is 292 g/mol. The van der Waals surface area contributed by atoms with E-state index in [2.05, 4.69) is 0 Å². The van der Waals surface area contributed by atoms with Crippen LogP contribution >= 0.6 is 11.8 Å². The number of para-hydroxylation sites is 1. The number of hydrogen-bond donors (Lipinski definition) is 0. The van der Waals surface area contributed by atoms with Crippen molar-refractivity contribution >= 4 is 17.5 Å². The Labute approximate surface area is 118 Å². The molecule has 2 aromatic carbocycles. The van der Waals surface area contributed by atoms with Crippen LogP contribution in [0, 0.1) is 11.6 Å². The van der Waals surface area contributed by atoms with Crippen molar-refractivity contribution in [2.45, 2.75) is 11.0 Å². The van der Waals surface area contributed by atoms with Crippen molar-refractivity contribution in [1.82, 2.24) is 0 Å². The molecule has 1 aliphatic rings. The first-order valence-electron chi connectivity index (χ1n) is 6.03. The first-order chi connectivity index (χ1) is 9.65. The van der Waals surface area contributed by atoms with Gasteiger partial charge in [0.25, 0.3) is 0 Å². The van der Waals surface area contributed by atoms with Gasteiger partial charge in [0.05, 0.1) is 5.56 Å². The van der Waals surface area contributed by atoms with Crippen LogP contribution in [-0.2, 0) is 0 Å². The maximum Gasteiger partial charge on any atom is 0.207 e. The van der Waals surface area contributed by atoms with Crippen LogP contribution in [0.1, 0.15) is 10.4 Å². The highest BCUT2D eigenvalue weighted by atomic mass is 32.2. The van der Waals surface area contributed by atoms with Crippen LogP contribution in [0.3, 0.4) is 0 Å². The lowest BCUT2D eigenvalue weighted by Gasteiger charge is -2.24. The number of halogens is 2. The van der Waals surface area contributed by atoms with E-state index in [-0.39, 0.29) is 5.56 Å².